The van der Waals surface area contributed by atoms with Crippen molar-refractivity contribution in [1.82, 2.24) is 0 Å². The maximum Gasteiger partial charge on any atom is 0.368 e. The smallest absolute Gasteiger partial charge is 0.368 e. The molecular formula is C8H5ClF2N2O2. The van der Waals surface area contributed by atoms with E-state index in [2.05, 4.69) is 10.5 Å². The Balaban J connectivity index is 2.82. The van der Waals surface area contributed by atoms with Crippen LogP contribution in [0.3, 0.4) is 0 Å². The SMILES string of the molecule is O=C(O)/C(Cl)=N\Nc1ccc(F)cc1F. The Morgan fingerprint density at radius 1 is 1.47 bits per heavy atom. The molecule has 0 saturated heterocycles. The van der Waals surface area contributed by atoms with E-state index in [0.717, 1.165) is 12.1 Å². The average Bonchev–Trinajstić information content (AvgIpc) is 2.15. The Morgan fingerprint density at radius 3 is 2.67 bits per heavy atom. The molecule has 7 heteroatoms. The van der Waals surface area contributed by atoms with Crippen LogP contribution < -0.4 is 5.43 Å². The molecule has 0 heterocycles. The number of benzene rings is 1. The lowest BCUT2D eigenvalue weighted by Gasteiger charge is -2.01. The van der Waals surface area contributed by atoms with Gasteiger partial charge in [0.25, 0.3) is 0 Å². The molecule has 0 aliphatic carbocycles. The van der Waals surface area contributed by atoms with Crippen LogP contribution >= 0.6 is 11.6 Å². The summed E-state index contributed by atoms with van der Waals surface area (Å²) in [5.41, 5.74) is 1.88. The number of nitrogens with zero attached hydrogens (tertiary/aromatic N) is 1. The van der Waals surface area contributed by atoms with Crippen molar-refractivity contribution in [2.75, 3.05) is 5.43 Å². The monoisotopic (exact) mass is 234 g/mol. The van der Waals surface area contributed by atoms with Crippen molar-refractivity contribution in [3.8, 4) is 0 Å². The maximum absolute atomic E-state index is 12.9. The van der Waals surface area contributed by atoms with Gasteiger partial charge in [-0.15, -0.1) is 0 Å². The van der Waals surface area contributed by atoms with Gasteiger partial charge in [-0.1, -0.05) is 11.6 Å². The van der Waals surface area contributed by atoms with Gasteiger partial charge in [0.05, 0.1) is 5.69 Å². The Morgan fingerprint density at radius 2 is 2.13 bits per heavy atom. The van der Waals surface area contributed by atoms with Crippen molar-refractivity contribution >= 4 is 28.4 Å². The van der Waals surface area contributed by atoms with E-state index in [1.165, 1.54) is 0 Å². The van der Waals surface area contributed by atoms with Gasteiger partial charge in [0.1, 0.15) is 5.82 Å². The summed E-state index contributed by atoms with van der Waals surface area (Å²) in [4.78, 5) is 10.2. The molecule has 0 unspecified atom stereocenters. The van der Waals surface area contributed by atoms with E-state index >= 15 is 0 Å². The Labute approximate surface area is 88.2 Å². The highest BCUT2D eigenvalue weighted by Gasteiger charge is 2.06. The third-order valence-electron chi connectivity index (χ3n) is 1.38. The standard InChI is InChI=1S/C8H5ClF2N2O2/c9-7(8(14)15)13-12-6-2-1-4(10)3-5(6)11/h1-3,12H,(H,14,15)/b13-7+. The Bertz CT molecular complexity index is 423. The van der Waals surface area contributed by atoms with Crippen molar-refractivity contribution in [3.63, 3.8) is 0 Å². The first-order valence-corrected chi connectivity index (χ1v) is 4.06. The molecule has 0 amide bonds. The van der Waals surface area contributed by atoms with Gasteiger partial charge in [-0.05, 0) is 12.1 Å². The predicted octanol–water partition coefficient (Wildman–Crippen LogP) is 2.01. The summed E-state index contributed by atoms with van der Waals surface area (Å²) in [6, 6.07) is 2.70. The molecule has 0 radical (unpaired) electrons. The van der Waals surface area contributed by atoms with E-state index in [1.54, 1.807) is 0 Å². The summed E-state index contributed by atoms with van der Waals surface area (Å²) >= 11 is 5.14. The van der Waals surface area contributed by atoms with Crippen LogP contribution in [0.4, 0.5) is 14.5 Å². The number of hydrogen-bond acceptors (Lipinski definition) is 3. The molecule has 0 atom stereocenters. The van der Waals surface area contributed by atoms with Gasteiger partial charge >= 0.3 is 5.97 Å². The highest BCUT2D eigenvalue weighted by atomic mass is 35.5. The molecule has 0 spiro atoms. The zero-order chi connectivity index (χ0) is 11.4. The van der Waals surface area contributed by atoms with E-state index in [1.807, 2.05) is 0 Å². The lowest BCUT2D eigenvalue weighted by molar-refractivity contribution is -0.129. The number of carboxylic acid groups (broad SMARTS) is 1. The molecule has 2 N–H and O–H groups in total. The Kier molecular flexibility index (Phi) is 3.56. The fourth-order valence-corrected chi connectivity index (χ4v) is 0.780. The summed E-state index contributed by atoms with van der Waals surface area (Å²) in [5, 5.41) is 10.7. The van der Waals surface area contributed by atoms with Crippen LogP contribution in [0.25, 0.3) is 0 Å². The molecule has 1 aromatic rings. The number of carbonyl (C=O) groups is 1. The molecule has 0 aliphatic heterocycles. The van der Waals surface area contributed by atoms with Crippen molar-refractivity contribution in [1.29, 1.82) is 0 Å². The van der Waals surface area contributed by atoms with Gasteiger partial charge in [0.15, 0.2) is 5.82 Å². The maximum atomic E-state index is 12.9. The number of aliphatic carboxylic acids is 1. The summed E-state index contributed by atoms with van der Waals surface area (Å²) in [6.45, 7) is 0. The molecule has 80 valence electrons. The second kappa shape index (κ2) is 4.70. The minimum absolute atomic E-state index is 0.171. The van der Waals surface area contributed by atoms with Crippen LogP contribution in [0.2, 0.25) is 0 Å². The second-order valence-corrected chi connectivity index (χ2v) is 2.80. The van der Waals surface area contributed by atoms with E-state index < -0.39 is 22.8 Å². The number of rotatable bonds is 3. The summed E-state index contributed by atoms with van der Waals surface area (Å²) < 4.78 is 25.4. The van der Waals surface area contributed by atoms with Crippen LogP contribution in [-0.2, 0) is 4.79 Å². The summed E-state index contributed by atoms with van der Waals surface area (Å²) in [6.07, 6.45) is 0. The molecule has 0 aliphatic rings. The van der Waals surface area contributed by atoms with Crippen molar-refractivity contribution < 1.29 is 18.7 Å². The molecule has 15 heavy (non-hydrogen) atoms. The molecular weight excluding hydrogens is 230 g/mol. The molecule has 4 nitrogen and oxygen atoms in total. The number of halogens is 3. The van der Waals surface area contributed by atoms with Gasteiger partial charge in [-0.2, -0.15) is 5.10 Å². The first kappa shape index (κ1) is 11.4. The average molecular weight is 235 g/mol. The summed E-state index contributed by atoms with van der Waals surface area (Å²) in [5.74, 6) is -3.09. The normalized spacial score (nSPS) is 11.3. The Hall–Kier alpha value is -1.69. The van der Waals surface area contributed by atoms with E-state index in [9.17, 15) is 13.6 Å². The lowest BCUT2D eigenvalue weighted by Crippen LogP contribution is -2.08. The number of hydrazone groups is 1. The predicted molar refractivity (Wildman–Crippen MR) is 50.9 cm³/mol. The first-order chi connectivity index (χ1) is 7.00. The quantitative estimate of drug-likeness (QED) is 0.621. The molecule has 0 saturated carbocycles. The van der Waals surface area contributed by atoms with Crippen LogP contribution in [0, 0.1) is 11.6 Å². The van der Waals surface area contributed by atoms with E-state index in [4.69, 9.17) is 16.7 Å². The minimum Gasteiger partial charge on any atom is -0.476 e. The largest absolute Gasteiger partial charge is 0.476 e. The third kappa shape index (κ3) is 3.17. The highest BCUT2D eigenvalue weighted by molar-refractivity contribution is 6.81. The van der Waals surface area contributed by atoms with Crippen molar-refractivity contribution in [2.24, 2.45) is 5.10 Å². The van der Waals surface area contributed by atoms with Crippen LogP contribution in [-0.4, -0.2) is 16.2 Å². The van der Waals surface area contributed by atoms with Crippen LogP contribution in [0.15, 0.2) is 23.3 Å². The fraction of sp³-hybridized carbons (Fsp3) is 0. The van der Waals surface area contributed by atoms with Crippen molar-refractivity contribution in [2.45, 2.75) is 0 Å². The van der Waals surface area contributed by atoms with Gasteiger partial charge in [0.2, 0.25) is 5.17 Å². The van der Waals surface area contributed by atoms with E-state index in [-0.39, 0.29) is 5.69 Å². The van der Waals surface area contributed by atoms with Gasteiger partial charge in [0, 0.05) is 6.07 Å². The molecule has 0 fully saturated rings. The van der Waals surface area contributed by atoms with E-state index in [0.29, 0.717) is 6.07 Å². The molecule has 1 rings (SSSR count). The summed E-state index contributed by atoms with van der Waals surface area (Å²) in [7, 11) is 0. The number of carboxylic acids is 1. The molecule has 1 aromatic carbocycles. The lowest BCUT2D eigenvalue weighted by atomic mass is 10.3. The van der Waals surface area contributed by atoms with Gasteiger partial charge in [-0.25, -0.2) is 13.6 Å². The first-order valence-electron chi connectivity index (χ1n) is 3.68. The van der Waals surface area contributed by atoms with Gasteiger partial charge < -0.3 is 5.11 Å². The van der Waals surface area contributed by atoms with Crippen molar-refractivity contribution in [3.05, 3.63) is 29.8 Å². The zero-order valence-corrected chi connectivity index (χ0v) is 7.92. The zero-order valence-electron chi connectivity index (χ0n) is 7.17. The second-order valence-electron chi connectivity index (χ2n) is 2.44. The van der Waals surface area contributed by atoms with Crippen LogP contribution in [0.5, 0.6) is 0 Å². The number of hydrogen-bond donors (Lipinski definition) is 2. The highest BCUT2D eigenvalue weighted by Crippen LogP contribution is 2.14. The van der Waals surface area contributed by atoms with Crippen LogP contribution in [0.1, 0.15) is 0 Å². The number of nitrogens with one attached hydrogen (secondary N) is 1. The topological polar surface area (TPSA) is 61.7 Å². The van der Waals surface area contributed by atoms with Gasteiger partial charge in [-0.3, -0.25) is 5.43 Å². The third-order valence-corrected chi connectivity index (χ3v) is 1.63. The molecule has 0 bridgehead atoms. The molecule has 0 aromatic heterocycles. The number of anilines is 1. The minimum atomic E-state index is -1.45. The fourth-order valence-electron chi connectivity index (χ4n) is 0.737.